The third-order valence-corrected chi connectivity index (χ3v) is 4.26. The maximum atomic E-state index is 13.8. The first kappa shape index (κ1) is 18.8. The lowest BCUT2D eigenvalue weighted by Crippen LogP contribution is -2.14. The average Bonchev–Trinajstić information content (AvgIpc) is 3.05. The average molecular weight is 370 g/mol. The molecular formula is C21H20F2N2O2. The summed E-state index contributed by atoms with van der Waals surface area (Å²) in [7, 11) is 0. The molecule has 0 unspecified atom stereocenters. The Bertz CT molecular complexity index is 973. The molecule has 0 aliphatic carbocycles. The number of amides is 1. The molecule has 1 N–H and O–H groups in total. The number of nitrogens with one attached hydrogen (secondary N) is 1. The fourth-order valence-electron chi connectivity index (χ4n) is 3.04. The van der Waals surface area contributed by atoms with E-state index in [4.69, 9.17) is 4.42 Å². The van der Waals surface area contributed by atoms with Crippen molar-refractivity contribution in [3.05, 3.63) is 70.7 Å². The van der Waals surface area contributed by atoms with E-state index in [-0.39, 0.29) is 30.1 Å². The molecule has 2 aromatic carbocycles. The first-order valence-corrected chi connectivity index (χ1v) is 8.61. The second kappa shape index (κ2) is 7.70. The molecule has 0 fully saturated rings. The van der Waals surface area contributed by atoms with Gasteiger partial charge in [0.15, 0.2) is 11.7 Å². The van der Waals surface area contributed by atoms with E-state index in [1.165, 1.54) is 12.3 Å². The van der Waals surface area contributed by atoms with Gasteiger partial charge < -0.3 is 9.73 Å². The van der Waals surface area contributed by atoms with Gasteiger partial charge in [-0.1, -0.05) is 17.7 Å². The van der Waals surface area contributed by atoms with Gasteiger partial charge in [-0.05, 0) is 44.0 Å². The van der Waals surface area contributed by atoms with Gasteiger partial charge in [-0.2, -0.15) is 0 Å². The molecule has 3 rings (SSSR count). The molecule has 1 heterocycles. The summed E-state index contributed by atoms with van der Waals surface area (Å²) in [6.07, 6.45) is 1.83. The van der Waals surface area contributed by atoms with Gasteiger partial charge in [-0.3, -0.25) is 4.79 Å². The number of hydrogen-bond donors (Lipinski definition) is 1. The van der Waals surface area contributed by atoms with Crippen molar-refractivity contribution < 1.29 is 18.0 Å². The van der Waals surface area contributed by atoms with Gasteiger partial charge in [0.1, 0.15) is 11.6 Å². The summed E-state index contributed by atoms with van der Waals surface area (Å²) in [5.74, 6) is -1.01. The number of oxazole rings is 1. The SMILES string of the molecule is Cc1cc(C)c(NC(=O)CCc2ncc(-c3ccc(F)cc3F)o2)c(C)c1. The molecule has 0 atom stereocenters. The fraction of sp³-hybridized carbons (Fsp3) is 0.238. The molecule has 27 heavy (non-hydrogen) atoms. The molecule has 140 valence electrons. The highest BCUT2D eigenvalue weighted by atomic mass is 19.1. The highest BCUT2D eigenvalue weighted by molar-refractivity contribution is 5.92. The minimum atomic E-state index is -0.722. The smallest absolute Gasteiger partial charge is 0.224 e. The normalized spacial score (nSPS) is 10.9. The lowest BCUT2D eigenvalue weighted by molar-refractivity contribution is -0.116. The Labute approximate surface area is 156 Å². The van der Waals surface area contributed by atoms with Crippen LogP contribution >= 0.6 is 0 Å². The van der Waals surface area contributed by atoms with Crippen LogP contribution in [0, 0.1) is 32.4 Å². The molecule has 4 nitrogen and oxygen atoms in total. The predicted octanol–water partition coefficient (Wildman–Crippen LogP) is 5.12. The second-order valence-corrected chi connectivity index (χ2v) is 6.56. The summed E-state index contributed by atoms with van der Waals surface area (Å²) in [4.78, 5) is 16.3. The number of anilines is 1. The van der Waals surface area contributed by atoms with Crippen molar-refractivity contribution in [3.63, 3.8) is 0 Å². The summed E-state index contributed by atoms with van der Waals surface area (Å²) in [6.45, 7) is 5.91. The molecular weight excluding hydrogens is 350 g/mol. The Balaban J connectivity index is 1.64. The molecule has 3 aromatic rings. The monoisotopic (exact) mass is 370 g/mol. The largest absolute Gasteiger partial charge is 0.441 e. The van der Waals surface area contributed by atoms with Gasteiger partial charge in [-0.25, -0.2) is 13.8 Å². The van der Waals surface area contributed by atoms with Crippen LogP contribution in [0.3, 0.4) is 0 Å². The lowest BCUT2D eigenvalue weighted by atomic mass is 10.0. The van der Waals surface area contributed by atoms with Crippen molar-refractivity contribution in [2.24, 2.45) is 0 Å². The predicted molar refractivity (Wildman–Crippen MR) is 99.5 cm³/mol. The number of rotatable bonds is 5. The van der Waals surface area contributed by atoms with Crippen LogP contribution in [-0.4, -0.2) is 10.9 Å². The van der Waals surface area contributed by atoms with E-state index in [0.717, 1.165) is 34.5 Å². The second-order valence-electron chi connectivity index (χ2n) is 6.56. The number of halogens is 2. The van der Waals surface area contributed by atoms with Crippen molar-refractivity contribution in [2.75, 3.05) is 5.32 Å². The van der Waals surface area contributed by atoms with E-state index in [9.17, 15) is 13.6 Å². The first-order chi connectivity index (χ1) is 12.8. The minimum Gasteiger partial charge on any atom is -0.441 e. The van der Waals surface area contributed by atoms with E-state index in [1.807, 2.05) is 32.9 Å². The summed E-state index contributed by atoms with van der Waals surface area (Å²) in [6, 6.07) is 7.27. The quantitative estimate of drug-likeness (QED) is 0.678. The van der Waals surface area contributed by atoms with E-state index >= 15 is 0 Å². The molecule has 0 bridgehead atoms. The fourth-order valence-corrected chi connectivity index (χ4v) is 3.04. The zero-order chi connectivity index (χ0) is 19.6. The molecule has 0 aliphatic heterocycles. The summed E-state index contributed by atoms with van der Waals surface area (Å²) in [5, 5.41) is 2.92. The number of nitrogens with zero attached hydrogens (tertiary/aromatic N) is 1. The van der Waals surface area contributed by atoms with Crippen molar-refractivity contribution >= 4 is 11.6 Å². The molecule has 6 heteroatoms. The third-order valence-electron chi connectivity index (χ3n) is 4.26. The Kier molecular flexibility index (Phi) is 5.35. The molecule has 0 saturated carbocycles. The van der Waals surface area contributed by atoms with Gasteiger partial charge in [0.2, 0.25) is 5.91 Å². The van der Waals surface area contributed by atoms with Gasteiger partial charge in [0.25, 0.3) is 0 Å². The maximum absolute atomic E-state index is 13.8. The number of aromatic nitrogens is 1. The van der Waals surface area contributed by atoms with Gasteiger partial charge in [0, 0.05) is 24.6 Å². The number of benzene rings is 2. The molecule has 0 spiro atoms. The van der Waals surface area contributed by atoms with Crippen LogP contribution in [0.25, 0.3) is 11.3 Å². The van der Waals surface area contributed by atoms with E-state index < -0.39 is 11.6 Å². The molecule has 0 saturated heterocycles. The number of hydrogen-bond acceptors (Lipinski definition) is 3. The molecule has 0 aliphatic rings. The lowest BCUT2D eigenvalue weighted by Gasteiger charge is -2.12. The van der Waals surface area contributed by atoms with Gasteiger partial charge >= 0.3 is 0 Å². The highest BCUT2D eigenvalue weighted by Gasteiger charge is 2.14. The Morgan fingerprint density at radius 3 is 2.48 bits per heavy atom. The van der Waals surface area contributed by atoms with Gasteiger partial charge in [0.05, 0.1) is 11.8 Å². The third kappa shape index (κ3) is 4.39. The van der Waals surface area contributed by atoms with Crippen LogP contribution < -0.4 is 5.32 Å². The van der Waals surface area contributed by atoms with Crippen LogP contribution in [0.1, 0.15) is 29.0 Å². The van der Waals surface area contributed by atoms with Crippen LogP contribution in [-0.2, 0) is 11.2 Å². The Morgan fingerprint density at radius 2 is 1.81 bits per heavy atom. The molecule has 1 amide bonds. The molecule has 1 aromatic heterocycles. The summed E-state index contributed by atoms with van der Waals surface area (Å²) in [5.41, 5.74) is 4.10. The van der Waals surface area contributed by atoms with Crippen LogP contribution in [0.2, 0.25) is 0 Å². The van der Waals surface area contributed by atoms with Gasteiger partial charge in [-0.15, -0.1) is 0 Å². The van der Waals surface area contributed by atoms with E-state index in [2.05, 4.69) is 10.3 Å². The summed E-state index contributed by atoms with van der Waals surface area (Å²) >= 11 is 0. The van der Waals surface area contributed by atoms with Crippen molar-refractivity contribution in [1.82, 2.24) is 4.98 Å². The number of aryl methyl sites for hydroxylation is 4. The Hall–Kier alpha value is -3.02. The first-order valence-electron chi connectivity index (χ1n) is 8.61. The maximum Gasteiger partial charge on any atom is 0.224 e. The van der Waals surface area contributed by atoms with Crippen molar-refractivity contribution in [3.8, 4) is 11.3 Å². The van der Waals surface area contributed by atoms with Crippen molar-refractivity contribution in [2.45, 2.75) is 33.6 Å². The zero-order valence-corrected chi connectivity index (χ0v) is 15.4. The molecule has 0 radical (unpaired) electrons. The highest BCUT2D eigenvalue weighted by Crippen LogP contribution is 2.25. The van der Waals surface area contributed by atoms with E-state index in [0.29, 0.717) is 5.89 Å². The van der Waals surface area contributed by atoms with Crippen LogP contribution in [0.5, 0.6) is 0 Å². The van der Waals surface area contributed by atoms with Crippen molar-refractivity contribution in [1.29, 1.82) is 0 Å². The number of carbonyl (C=O) groups is 1. The Morgan fingerprint density at radius 1 is 1.11 bits per heavy atom. The standard InChI is InChI=1S/C21H20F2N2O2/c1-12-8-13(2)21(14(3)9-12)25-19(26)6-7-20-24-11-18(27-20)16-5-4-15(22)10-17(16)23/h4-5,8-11H,6-7H2,1-3H3,(H,25,26). The van der Waals surface area contributed by atoms with Crippen LogP contribution in [0.4, 0.5) is 14.5 Å². The van der Waals surface area contributed by atoms with Crippen LogP contribution in [0.15, 0.2) is 40.9 Å². The number of carbonyl (C=O) groups excluding carboxylic acids is 1. The summed E-state index contributed by atoms with van der Waals surface area (Å²) < 4.78 is 32.3. The minimum absolute atomic E-state index is 0.130. The van der Waals surface area contributed by atoms with E-state index in [1.54, 1.807) is 0 Å². The zero-order valence-electron chi connectivity index (χ0n) is 15.4. The topological polar surface area (TPSA) is 55.1 Å².